The lowest BCUT2D eigenvalue weighted by Crippen LogP contribution is -2.01. The van der Waals surface area contributed by atoms with Crippen molar-refractivity contribution in [1.82, 2.24) is 0 Å². The van der Waals surface area contributed by atoms with E-state index >= 15 is 0 Å². The van der Waals surface area contributed by atoms with Crippen molar-refractivity contribution in [2.24, 2.45) is 5.73 Å². The molecule has 0 unspecified atom stereocenters. The van der Waals surface area contributed by atoms with Gasteiger partial charge in [0.25, 0.3) is 0 Å². The first kappa shape index (κ1) is 13.5. The fourth-order valence-corrected chi connectivity index (χ4v) is 1.75. The Bertz CT molecular complexity index is 588. The van der Waals surface area contributed by atoms with E-state index in [2.05, 4.69) is 0 Å². The van der Waals surface area contributed by atoms with Gasteiger partial charge in [-0.05, 0) is 48.7 Å². The van der Waals surface area contributed by atoms with Crippen LogP contribution in [0.1, 0.15) is 16.7 Å². The van der Waals surface area contributed by atoms with Crippen LogP contribution in [-0.2, 0) is 6.54 Å². The summed E-state index contributed by atoms with van der Waals surface area (Å²) in [5.41, 5.74) is 7.52. The molecule has 2 nitrogen and oxygen atoms in total. The summed E-state index contributed by atoms with van der Waals surface area (Å²) >= 11 is 0. The van der Waals surface area contributed by atoms with Crippen LogP contribution in [0, 0.1) is 25.5 Å². The fourth-order valence-electron chi connectivity index (χ4n) is 1.75. The maximum absolute atomic E-state index is 13.8. The van der Waals surface area contributed by atoms with Crippen molar-refractivity contribution in [3.05, 3.63) is 58.7 Å². The molecular weight excluding hydrogens is 248 g/mol. The molecule has 0 aliphatic heterocycles. The number of hydrogen-bond acceptors (Lipinski definition) is 2. The third kappa shape index (κ3) is 2.90. The molecule has 0 aliphatic carbocycles. The number of hydrogen-bond donors (Lipinski definition) is 1. The normalized spacial score (nSPS) is 10.6. The summed E-state index contributed by atoms with van der Waals surface area (Å²) in [6.07, 6.45) is 0. The van der Waals surface area contributed by atoms with Crippen LogP contribution in [0.25, 0.3) is 0 Å². The van der Waals surface area contributed by atoms with E-state index in [1.807, 2.05) is 26.0 Å². The van der Waals surface area contributed by atoms with E-state index in [0.29, 0.717) is 11.3 Å². The van der Waals surface area contributed by atoms with Crippen LogP contribution in [0.3, 0.4) is 0 Å². The monoisotopic (exact) mass is 263 g/mol. The molecule has 4 heteroatoms. The highest BCUT2D eigenvalue weighted by Crippen LogP contribution is 2.31. The van der Waals surface area contributed by atoms with Gasteiger partial charge < -0.3 is 10.5 Å². The molecule has 0 fully saturated rings. The van der Waals surface area contributed by atoms with Crippen LogP contribution >= 0.6 is 0 Å². The molecule has 2 N–H and O–H groups in total. The van der Waals surface area contributed by atoms with Gasteiger partial charge in [0.1, 0.15) is 5.75 Å². The first-order valence-corrected chi connectivity index (χ1v) is 5.94. The molecule has 0 radical (unpaired) electrons. The van der Waals surface area contributed by atoms with Crippen molar-refractivity contribution in [3.8, 4) is 11.5 Å². The summed E-state index contributed by atoms with van der Waals surface area (Å²) < 4.78 is 33.0. The van der Waals surface area contributed by atoms with Gasteiger partial charge in [0.2, 0.25) is 0 Å². The lowest BCUT2D eigenvalue weighted by molar-refractivity contribution is 0.404. The van der Waals surface area contributed by atoms with Crippen molar-refractivity contribution in [2.75, 3.05) is 0 Å². The molecule has 0 bridgehead atoms. The zero-order valence-electron chi connectivity index (χ0n) is 10.8. The quantitative estimate of drug-likeness (QED) is 0.913. The van der Waals surface area contributed by atoms with Crippen molar-refractivity contribution in [3.63, 3.8) is 0 Å². The minimum atomic E-state index is -0.749. The van der Waals surface area contributed by atoms with Gasteiger partial charge in [0, 0.05) is 6.54 Å². The highest BCUT2D eigenvalue weighted by Gasteiger charge is 2.14. The predicted octanol–water partition coefficient (Wildman–Crippen LogP) is 3.83. The number of halogens is 2. The van der Waals surface area contributed by atoms with Gasteiger partial charge in [-0.2, -0.15) is 0 Å². The third-order valence-corrected chi connectivity index (χ3v) is 2.85. The van der Waals surface area contributed by atoms with E-state index in [1.165, 1.54) is 12.1 Å². The summed E-state index contributed by atoms with van der Waals surface area (Å²) in [6.45, 7) is 3.78. The van der Waals surface area contributed by atoms with Crippen LogP contribution in [0.15, 0.2) is 30.3 Å². The fraction of sp³-hybridized carbons (Fsp3) is 0.200. The summed E-state index contributed by atoms with van der Waals surface area (Å²) in [5.74, 6) is -1.45. The molecule has 0 aromatic heterocycles. The largest absolute Gasteiger partial charge is 0.451 e. The second-order valence-electron chi connectivity index (χ2n) is 4.46. The van der Waals surface area contributed by atoms with Gasteiger partial charge in [-0.25, -0.2) is 8.78 Å². The molecule has 0 amide bonds. The molecule has 19 heavy (non-hydrogen) atoms. The van der Waals surface area contributed by atoms with Crippen LogP contribution < -0.4 is 10.5 Å². The molecule has 0 spiro atoms. The van der Waals surface area contributed by atoms with Crippen LogP contribution in [-0.4, -0.2) is 0 Å². The molecule has 0 saturated heterocycles. The molecule has 2 aromatic rings. The van der Waals surface area contributed by atoms with Gasteiger partial charge in [-0.15, -0.1) is 0 Å². The van der Waals surface area contributed by atoms with E-state index in [9.17, 15) is 8.78 Å². The summed E-state index contributed by atoms with van der Waals surface area (Å²) in [5, 5.41) is 0. The van der Waals surface area contributed by atoms with Crippen molar-refractivity contribution in [1.29, 1.82) is 0 Å². The first-order chi connectivity index (χ1) is 9.01. The first-order valence-electron chi connectivity index (χ1n) is 5.94. The van der Waals surface area contributed by atoms with Crippen LogP contribution in [0.4, 0.5) is 8.78 Å². The molecule has 0 saturated carbocycles. The Kier molecular flexibility index (Phi) is 3.81. The molecule has 2 aromatic carbocycles. The van der Waals surface area contributed by atoms with E-state index in [4.69, 9.17) is 10.5 Å². The second-order valence-corrected chi connectivity index (χ2v) is 4.46. The number of ether oxygens (including phenoxy) is 1. The number of nitrogens with two attached hydrogens (primary N) is 1. The average molecular weight is 263 g/mol. The predicted molar refractivity (Wildman–Crippen MR) is 70.2 cm³/mol. The van der Waals surface area contributed by atoms with Gasteiger partial charge in [-0.3, -0.25) is 0 Å². The van der Waals surface area contributed by atoms with Crippen molar-refractivity contribution >= 4 is 0 Å². The topological polar surface area (TPSA) is 35.2 Å². The van der Waals surface area contributed by atoms with Gasteiger partial charge in [-0.1, -0.05) is 12.1 Å². The van der Waals surface area contributed by atoms with Gasteiger partial charge in [0.05, 0.1) is 0 Å². The zero-order valence-corrected chi connectivity index (χ0v) is 10.8. The molecule has 0 heterocycles. The summed E-state index contributed by atoms with van der Waals surface area (Å²) in [4.78, 5) is 0. The molecule has 2 rings (SSSR count). The SMILES string of the molecule is Cc1ccc(C)c(Oc2c(F)cc(CN)cc2F)c1. The van der Waals surface area contributed by atoms with Gasteiger partial charge >= 0.3 is 0 Å². The minimum Gasteiger partial charge on any atom is -0.451 e. The third-order valence-electron chi connectivity index (χ3n) is 2.85. The van der Waals surface area contributed by atoms with Gasteiger partial charge in [0.15, 0.2) is 17.4 Å². The molecule has 0 atom stereocenters. The second kappa shape index (κ2) is 5.36. The zero-order chi connectivity index (χ0) is 14.0. The van der Waals surface area contributed by atoms with E-state index in [1.54, 1.807) is 6.07 Å². The Labute approximate surface area is 110 Å². The maximum Gasteiger partial charge on any atom is 0.198 e. The molecular formula is C15H15F2NO. The van der Waals surface area contributed by atoms with Crippen molar-refractivity contribution < 1.29 is 13.5 Å². The van der Waals surface area contributed by atoms with E-state index in [-0.39, 0.29) is 6.54 Å². The smallest absolute Gasteiger partial charge is 0.198 e. The molecule has 0 aliphatic rings. The van der Waals surface area contributed by atoms with E-state index < -0.39 is 17.4 Å². The Balaban J connectivity index is 2.41. The highest BCUT2D eigenvalue weighted by atomic mass is 19.1. The van der Waals surface area contributed by atoms with Crippen LogP contribution in [0.2, 0.25) is 0 Å². The van der Waals surface area contributed by atoms with Crippen LogP contribution in [0.5, 0.6) is 11.5 Å². The lowest BCUT2D eigenvalue weighted by atomic mass is 10.1. The maximum atomic E-state index is 13.8. The Morgan fingerprint density at radius 1 is 1.05 bits per heavy atom. The Hall–Kier alpha value is -1.94. The Morgan fingerprint density at radius 2 is 1.68 bits per heavy atom. The number of rotatable bonds is 3. The summed E-state index contributed by atoms with van der Waals surface area (Å²) in [7, 11) is 0. The lowest BCUT2D eigenvalue weighted by Gasteiger charge is -2.12. The van der Waals surface area contributed by atoms with E-state index in [0.717, 1.165) is 11.1 Å². The number of benzene rings is 2. The number of aryl methyl sites for hydroxylation is 2. The minimum absolute atomic E-state index is 0.0809. The highest BCUT2D eigenvalue weighted by molar-refractivity contribution is 5.41. The average Bonchev–Trinajstić information content (AvgIpc) is 2.37. The van der Waals surface area contributed by atoms with Crippen molar-refractivity contribution in [2.45, 2.75) is 20.4 Å². The summed E-state index contributed by atoms with van der Waals surface area (Å²) in [6, 6.07) is 7.86. The molecule has 100 valence electrons. The Morgan fingerprint density at radius 3 is 2.26 bits per heavy atom. The standard InChI is InChI=1S/C15H15F2NO/c1-9-3-4-10(2)14(5-9)19-15-12(16)6-11(8-18)7-13(15)17/h3-7H,8,18H2,1-2H3.